The van der Waals surface area contributed by atoms with Crippen LogP contribution in [-0.4, -0.2) is 27.7 Å². The van der Waals surface area contributed by atoms with Crippen molar-refractivity contribution in [3.8, 4) is 5.75 Å². The van der Waals surface area contributed by atoms with Crippen LogP contribution >= 0.6 is 0 Å². The highest BCUT2D eigenvalue weighted by Gasteiger charge is 2.32. The standard InChI is InChI=1S/C11H15F3N2O3S/c1-7(6-11(12,13)14)16-20(17,18)10-5-8(15)3-4-9(10)19-2/h3-5,7,16H,6,15H2,1-2H3. The van der Waals surface area contributed by atoms with Crippen LogP contribution in [0.15, 0.2) is 23.1 Å². The molecule has 0 aromatic heterocycles. The zero-order valence-electron chi connectivity index (χ0n) is 10.9. The molecule has 0 spiro atoms. The Kier molecular flexibility index (Phi) is 4.87. The molecular weight excluding hydrogens is 297 g/mol. The fraction of sp³-hybridized carbons (Fsp3) is 0.455. The fourth-order valence-electron chi connectivity index (χ4n) is 1.62. The van der Waals surface area contributed by atoms with Gasteiger partial charge in [0.1, 0.15) is 10.6 Å². The summed E-state index contributed by atoms with van der Waals surface area (Å²) in [6, 6.07) is 2.59. The normalized spacial score (nSPS) is 14.1. The SMILES string of the molecule is COc1ccc(N)cc1S(=O)(=O)NC(C)CC(F)(F)F. The van der Waals surface area contributed by atoms with Gasteiger partial charge >= 0.3 is 6.18 Å². The number of alkyl halides is 3. The van der Waals surface area contributed by atoms with Crippen LogP contribution in [0.1, 0.15) is 13.3 Å². The molecule has 0 fully saturated rings. The number of ether oxygens (including phenoxy) is 1. The van der Waals surface area contributed by atoms with E-state index >= 15 is 0 Å². The van der Waals surface area contributed by atoms with Crippen LogP contribution in [0.2, 0.25) is 0 Å². The molecule has 1 aromatic carbocycles. The first-order valence-electron chi connectivity index (χ1n) is 5.58. The number of nitrogen functional groups attached to an aromatic ring is 1. The van der Waals surface area contributed by atoms with E-state index in [0.717, 1.165) is 13.0 Å². The summed E-state index contributed by atoms with van der Waals surface area (Å²) < 4.78 is 67.6. The van der Waals surface area contributed by atoms with E-state index in [1.165, 1.54) is 19.2 Å². The average molecular weight is 312 g/mol. The van der Waals surface area contributed by atoms with Crippen LogP contribution < -0.4 is 15.2 Å². The van der Waals surface area contributed by atoms with Gasteiger partial charge in [0.2, 0.25) is 10.0 Å². The van der Waals surface area contributed by atoms with Crippen molar-refractivity contribution in [2.75, 3.05) is 12.8 Å². The molecule has 0 aliphatic heterocycles. The summed E-state index contributed by atoms with van der Waals surface area (Å²) in [6.07, 6.45) is -5.72. The molecular formula is C11H15F3N2O3S. The Hall–Kier alpha value is -1.48. The molecule has 5 nitrogen and oxygen atoms in total. The lowest BCUT2D eigenvalue weighted by Gasteiger charge is -2.17. The van der Waals surface area contributed by atoms with Crippen molar-refractivity contribution in [1.82, 2.24) is 4.72 Å². The second kappa shape index (κ2) is 5.88. The number of nitrogens with one attached hydrogen (secondary N) is 1. The van der Waals surface area contributed by atoms with Gasteiger partial charge in [0.25, 0.3) is 0 Å². The van der Waals surface area contributed by atoms with Crippen LogP contribution in [-0.2, 0) is 10.0 Å². The molecule has 0 aliphatic carbocycles. The number of methoxy groups -OCH3 is 1. The second-order valence-corrected chi connectivity index (χ2v) is 5.93. The average Bonchev–Trinajstić information content (AvgIpc) is 2.25. The van der Waals surface area contributed by atoms with E-state index in [4.69, 9.17) is 10.5 Å². The molecule has 114 valence electrons. The van der Waals surface area contributed by atoms with Gasteiger partial charge in [-0.05, 0) is 25.1 Å². The molecule has 3 N–H and O–H groups in total. The molecule has 1 aromatic rings. The third-order valence-corrected chi connectivity index (χ3v) is 3.98. The Labute approximate surface area is 115 Å². The largest absolute Gasteiger partial charge is 0.495 e. The lowest BCUT2D eigenvalue weighted by atomic mass is 10.2. The number of hydrogen-bond donors (Lipinski definition) is 2. The summed E-state index contributed by atoms with van der Waals surface area (Å²) in [6.45, 7) is 1.13. The quantitative estimate of drug-likeness (QED) is 0.814. The fourth-order valence-corrected chi connectivity index (χ4v) is 3.07. The van der Waals surface area contributed by atoms with Crippen molar-refractivity contribution >= 4 is 15.7 Å². The third-order valence-electron chi connectivity index (χ3n) is 2.37. The van der Waals surface area contributed by atoms with Gasteiger partial charge in [-0.15, -0.1) is 0 Å². The van der Waals surface area contributed by atoms with E-state index in [0.29, 0.717) is 0 Å². The maximum absolute atomic E-state index is 12.2. The van der Waals surface area contributed by atoms with E-state index < -0.39 is 28.7 Å². The number of sulfonamides is 1. The summed E-state index contributed by atoms with van der Waals surface area (Å²) in [5.41, 5.74) is 5.65. The monoisotopic (exact) mass is 312 g/mol. The van der Waals surface area contributed by atoms with Crippen molar-refractivity contribution in [2.24, 2.45) is 0 Å². The molecule has 1 rings (SSSR count). The molecule has 0 aliphatic rings. The van der Waals surface area contributed by atoms with Crippen molar-refractivity contribution in [3.05, 3.63) is 18.2 Å². The number of anilines is 1. The molecule has 9 heteroatoms. The molecule has 20 heavy (non-hydrogen) atoms. The Balaban J connectivity index is 3.03. The minimum Gasteiger partial charge on any atom is -0.495 e. The van der Waals surface area contributed by atoms with Crippen molar-refractivity contribution < 1.29 is 26.3 Å². The predicted molar refractivity (Wildman–Crippen MR) is 67.9 cm³/mol. The molecule has 0 saturated heterocycles. The van der Waals surface area contributed by atoms with Crippen LogP contribution in [0.5, 0.6) is 5.75 Å². The van der Waals surface area contributed by atoms with E-state index in [2.05, 4.69) is 0 Å². The van der Waals surface area contributed by atoms with Crippen LogP contribution in [0.25, 0.3) is 0 Å². The number of hydrogen-bond acceptors (Lipinski definition) is 4. The van der Waals surface area contributed by atoms with E-state index in [9.17, 15) is 21.6 Å². The molecule has 0 amide bonds. The van der Waals surface area contributed by atoms with Crippen LogP contribution in [0, 0.1) is 0 Å². The highest BCUT2D eigenvalue weighted by molar-refractivity contribution is 7.89. The first-order chi connectivity index (χ1) is 9.05. The summed E-state index contributed by atoms with van der Waals surface area (Å²) in [5.74, 6) is 0.00547. The van der Waals surface area contributed by atoms with E-state index in [1.807, 2.05) is 4.72 Å². The Morgan fingerprint density at radius 1 is 1.40 bits per heavy atom. The maximum Gasteiger partial charge on any atom is 0.390 e. The maximum atomic E-state index is 12.2. The lowest BCUT2D eigenvalue weighted by Crippen LogP contribution is -2.36. The van der Waals surface area contributed by atoms with E-state index in [1.54, 1.807) is 0 Å². The number of rotatable bonds is 5. The summed E-state index contributed by atoms with van der Waals surface area (Å²) in [5, 5.41) is 0. The van der Waals surface area contributed by atoms with Gasteiger partial charge in [-0.25, -0.2) is 13.1 Å². The molecule has 0 radical (unpaired) electrons. The van der Waals surface area contributed by atoms with Crippen LogP contribution in [0.3, 0.4) is 0 Å². The lowest BCUT2D eigenvalue weighted by molar-refractivity contribution is -0.137. The highest BCUT2D eigenvalue weighted by atomic mass is 32.2. The molecule has 0 heterocycles. The van der Waals surface area contributed by atoms with Gasteiger partial charge in [-0.1, -0.05) is 0 Å². The predicted octanol–water partition coefficient (Wildman–Crippen LogP) is 1.90. The number of benzene rings is 1. The highest BCUT2D eigenvalue weighted by Crippen LogP contribution is 2.27. The summed E-state index contributed by atoms with van der Waals surface area (Å²) in [7, 11) is -2.90. The zero-order chi connectivity index (χ0) is 15.6. The van der Waals surface area contributed by atoms with Crippen molar-refractivity contribution in [1.29, 1.82) is 0 Å². The van der Waals surface area contributed by atoms with Gasteiger partial charge in [-0.3, -0.25) is 0 Å². The molecule has 0 bridgehead atoms. The van der Waals surface area contributed by atoms with Gasteiger partial charge in [-0.2, -0.15) is 13.2 Å². The summed E-state index contributed by atoms with van der Waals surface area (Å²) >= 11 is 0. The first kappa shape index (κ1) is 16.6. The summed E-state index contributed by atoms with van der Waals surface area (Å²) in [4.78, 5) is -0.297. The van der Waals surface area contributed by atoms with Gasteiger partial charge < -0.3 is 10.5 Å². The minimum atomic E-state index is -4.46. The van der Waals surface area contributed by atoms with Gasteiger partial charge in [0.05, 0.1) is 13.5 Å². The molecule has 1 atom stereocenters. The second-order valence-electron chi connectivity index (χ2n) is 4.25. The molecule has 1 unspecified atom stereocenters. The van der Waals surface area contributed by atoms with Crippen LogP contribution in [0.4, 0.5) is 18.9 Å². The topological polar surface area (TPSA) is 81.4 Å². The first-order valence-corrected chi connectivity index (χ1v) is 7.06. The van der Waals surface area contributed by atoms with E-state index in [-0.39, 0.29) is 16.3 Å². The number of halogens is 3. The van der Waals surface area contributed by atoms with Gasteiger partial charge in [0.15, 0.2) is 0 Å². The van der Waals surface area contributed by atoms with Crippen molar-refractivity contribution in [3.63, 3.8) is 0 Å². The third kappa shape index (κ3) is 4.57. The minimum absolute atomic E-state index is 0.00547. The smallest absolute Gasteiger partial charge is 0.390 e. The Morgan fingerprint density at radius 2 is 2.00 bits per heavy atom. The zero-order valence-corrected chi connectivity index (χ0v) is 11.7. The Morgan fingerprint density at radius 3 is 2.50 bits per heavy atom. The number of nitrogens with two attached hydrogens (primary N) is 1. The van der Waals surface area contributed by atoms with Gasteiger partial charge in [0, 0.05) is 11.7 Å². The Bertz CT molecular complexity index is 573. The molecule has 0 saturated carbocycles. The van der Waals surface area contributed by atoms with Crippen molar-refractivity contribution in [2.45, 2.75) is 30.5 Å².